The van der Waals surface area contributed by atoms with Gasteiger partial charge in [0.1, 0.15) is 5.37 Å². The van der Waals surface area contributed by atoms with Crippen LogP contribution in [0.4, 0.5) is 5.69 Å². The first kappa shape index (κ1) is 15.0. The fraction of sp³-hybridized carbons (Fsp3) is 0.429. The van der Waals surface area contributed by atoms with Crippen LogP contribution in [0, 0.1) is 0 Å². The van der Waals surface area contributed by atoms with E-state index in [1.54, 1.807) is 18.2 Å². The lowest BCUT2D eigenvalue weighted by molar-refractivity contribution is 0.154. The van der Waals surface area contributed by atoms with Gasteiger partial charge < -0.3 is 10.6 Å². The molecule has 0 spiro atoms. The number of nitrogens with two attached hydrogens (primary N) is 1. The smallest absolute Gasteiger partial charge is 0.198 e. The molecule has 0 bridgehead atoms. The molecule has 1 aliphatic heterocycles. The van der Waals surface area contributed by atoms with Crippen molar-refractivity contribution in [3.8, 4) is 0 Å². The van der Waals surface area contributed by atoms with Crippen LogP contribution in [0.3, 0.4) is 0 Å². The van der Waals surface area contributed by atoms with Gasteiger partial charge in [-0.3, -0.25) is 4.90 Å². The summed E-state index contributed by atoms with van der Waals surface area (Å²) < 4.78 is 25.4. The first-order valence-corrected chi connectivity index (χ1v) is 8.14. The minimum absolute atomic E-state index is 0.251. The average Bonchev–Trinajstić information content (AvgIpc) is 2.41. The Bertz CT molecular complexity index is 578. The fourth-order valence-corrected chi connectivity index (χ4v) is 4.08. The van der Waals surface area contributed by atoms with Crippen molar-refractivity contribution in [3.63, 3.8) is 0 Å². The molecule has 1 unspecified atom stereocenters. The number of anilines is 1. The maximum atomic E-state index is 12.7. The summed E-state index contributed by atoms with van der Waals surface area (Å²) in [6.07, 6.45) is 1.50. The summed E-state index contributed by atoms with van der Waals surface area (Å²) >= 11 is 0. The third-order valence-electron chi connectivity index (χ3n) is 3.60. The van der Waals surface area contributed by atoms with Gasteiger partial charge in [0, 0.05) is 31.9 Å². The molecular weight excluding hydrogens is 274 g/mol. The van der Waals surface area contributed by atoms with Crippen LogP contribution in [0.15, 0.2) is 41.8 Å². The monoisotopic (exact) mass is 295 g/mol. The molecule has 0 amide bonds. The summed E-state index contributed by atoms with van der Waals surface area (Å²) in [5.41, 5.74) is 6.13. The molecule has 0 aliphatic carbocycles. The van der Waals surface area contributed by atoms with E-state index in [0.717, 1.165) is 13.1 Å². The third kappa shape index (κ3) is 3.03. The summed E-state index contributed by atoms with van der Waals surface area (Å²) in [5, 5.41) is -0.696. The van der Waals surface area contributed by atoms with Gasteiger partial charge >= 0.3 is 0 Å². The zero-order valence-electron chi connectivity index (χ0n) is 11.7. The zero-order chi connectivity index (χ0) is 14.8. The molecule has 1 fully saturated rings. The second-order valence-electron chi connectivity index (χ2n) is 5.08. The van der Waals surface area contributed by atoms with E-state index in [-0.39, 0.29) is 4.90 Å². The quantitative estimate of drug-likeness (QED) is 0.657. The average molecular weight is 295 g/mol. The van der Waals surface area contributed by atoms with Gasteiger partial charge in [0.05, 0.1) is 4.90 Å². The Kier molecular flexibility index (Phi) is 4.47. The largest absolute Gasteiger partial charge is 0.399 e. The summed E-state index contributed by atoms with van der Waals surface area (Å²) in [6.45, 7) is 6.85. The highest BCUT2D eigenvalue weighted by Gasteiger charge is 2.32. The van der Waals surface area contributed by atoms with E-state index in [9.17, 15) is 8.42 Å². The lowest BCUT2D eigenvalue weighted by Gasteiger charge is -2.36. The maximum absolute atomic E-state index is 12.7. The molecule has 1 aliphatic rings. The van der Waals surface area contributed by atoms with E-state index in [4.69, 9.17) is 5.73 Å². The van der Waals surface area contributed by atoms with Crippen molar-refractivity contribution in [3.05, 3.63) is 36.9 Å². The highest BCUT2D eigenvalue weighted by molar-refractivity contribution is 7.92. The second-order valence-corrected chi connectivity index (χ2v) is 7.13. The summed E-state index contributed by atoms with van der Waals surface area (Å²) in [6, 6.07) is 6.42. The Labute approximate surface area is 120 Å². The molecule has 20 heavy (non-hydrogen) atoms. The number of rotatable bonds is 4. The summed E-state index contributed by atoms with van der Waals surface area (Å²) in [4.78, 5) is 4.39. The molecule has 1 heterocycles. The van der Waals surface area contributed by atoms with Crippen LogP contribution < -0.4 is 5.73 Å². The van der Waals surface area contributed by atoms with Gasteiger partial charge in [0.25, 0.3) is 0 Å². The Morgan fingerprint density at radius 1 is 1.30 bits per heavy atom. The van der Waals surface area contributed by atoms with Crippen molar-refractivity contribution in [2.45, 2.75) is 10.3 Å². The first-order chi connectivity index (χ1) is 9.45. The van der Waals surface area contributed by atoms with Gasteiger partial charge in [-0.05, 0) is 25.2 Å². The summed E-state index contributed by atoms with van der Waals surface area (Å²) in [5.74, 6) is 0. The molecule has 110 valence electrons. The first-order valence-electron chi connectivity index (χ1n) is 6.60. The normalized spacial score (nSPS) is 19.6. The Morgan fingerprint density at radius 3 is 2.50 bits per heavy atom. The number of nitrogen functional groups attached to an aromatic ring is 1. The highest BCUT2D eigenvalue weighted by atomic mass is 32.2. The SMILES string of the molecule is C=CC(N1CCN(C)CC1)S(=O)(=O)c1cccc(N)c1. The van der Waals surface area contributed by atoms with E-state index < -0.39 is 15.2 Å². The van der Waals surface area contributed by atoms with E-state index in [0.29, 0.717) is 18.8 Å². The zero-order valence-corrected chi connectivity index (χ0v) is 12.5. The van der Waals surface area contributed by atoms with Crippen LogP contribution in [0.1, 0.15) is 0 Å². The van der Waals surface area contributed by atoms with Crippen LogP contribution in [0.5, 0.6) is 0 Å². The van der Waals surface area contributed by atoms with Crippen LogP contribution in [-0.4, -0.2) is 56.8 Å². The third-order valence-corrected chi connectivity index (χ3v) is 5.64. The fourth-order valence-electron chi connectivity index (χ4n) is 2.38. The van der Waals surface area contributed by atoms with Crippen molar-refractivity contribution < 1.29 is 8.42 Å². The second kappa shape index (κ2) is 5.95. The molecular formula is C14H21N3O2S. The Morgan fingerprint density at radius 2 is 1.95 bits per heavy atom. The molecule has 1 aromatic rings. The van der Waals surface area contributed by atoms with Crippen LogP contribution in [-0.2, 0) is 9.84 Å². The van der Waals surface area contributed by atoms with Crippen molar-refractivity contribution in [2.75, 3.05) is 39.0 Å². The lowest BCUT2D eigenvalue weighted by atomic mass is 10.3. The number of piperazine rings is 1. The number of likely N-dealkylation sites (N-methyl/N-ethyl adjacent to an activating group) is 1. The van der Waals surface area contributed by atoms with E-state index in [1.807, 2.05) is 11.9 Å². The topological polar surface area (TPSA) is 66.6 Å². The van der Waals surface area contributed by atoms with Crippen LogP contribution >= 0.6 is 0 Å². The Balaban J connectivity index is 2.28. The minimum Gasteiger partial charge on any atom is -0.399 e. The van der Waals surface area contributed by atoms with Gasteiger partial charge in [-0.25, -0.2) is 8.42 Å². The predicted octanol–water partition coefficient (Wildman–Crippen LogP) is 0.802. The van der Waals surface area contributed by atoms with Gasteiger partial charge in [-0.1, -0.05) is 12.1 Å². The molecule has 0 saturated carbocycles. The van der Waals surface area contributed by atoms with Gasteiger partial charge in [-0.2, -0.15) is 0 Å². The molecule has 2 N–H and O–H groups in total. The number of hydrogen-bond acceptors (Lipinski definition) is 5. The van der Waals surface area contributed by atoms with E-state index >= 15 is 0 Å². The number of sulfone groups is 1. The number of hydrogen-bond donors (Lipinski definition) is 1. The van der Waals surface area contributed by atoms with Crippen LogP contribution in [0.2, 0.25) is 0 Å². The van der Waals surface area contributed by atoms with Crippen molar-refractivity contribution in [1.82, 2.24) is 9.80 Å². The standard InChI is InChI=1S/C14H21N3O2S/c1-3-14(17-9-7-16(2)8-10-17)20(18,19)13-6-4-5-12(15)11-13/h3-6,11,14H,1,7-10,15H2,2H3. The molecule has 1 aromatic carbocycles. The Hall–Kier alpha value is -1.37. The van der Waals surface area contributed by atoms with Crippen molar-refractivity contribution in [1.29, 1.82) is 0 Å². The minimum atomic E-state index is -3.48. The van der Waals surface area contributed by atoms with Gasteiger partial charge in [0.2, 0.25) is 0 Å². The number of benzene rings is 1. The van der Waals surface area contributed by atoms with Crippen molar-refractivity contribution >= 4 is 15.5 Å². The van der Waals surface area contributed by atoms with Gasteiger partial charge in [-0.15, -0.1) is 6.58 Å². The molecule has 1 atom stereocenters. The molecule has 6 heteroatoms. The summed E-state index contributed by atoms with van der Waals surface area (Å²) in [7, 11) is -1.45. The molecule has 5 nitrogen and oxygen atoms in total. The molecule has 0 aromatic heterocycles. The molecule has 2 rings (SSSR count). The van der Waals surface area contributed by atoms with E-state index in [2.05, 4.69) is 11.5 Å². The highest BCUT2D eigenvalue weighted by Crippen LogP contribution is 2.22. The maximum Gasteiger partial charge on any atom is 0.198 e. The number of nitrogens with zero attached hydrogens (tertiary/aromatic N) is 2. The van der Waals surface area contributed by atoms with Crippen LogP contribution in [0.25, 0.3) is 0 Å². The lowest BCUT2D eigenvalue weighted by Crippen LogP contribution is -2.50. The van der Waals surface area contributed by atoms with Gasteiger partial charge in [0.15, 0.2) is 9.84 Å². The molecule has 0 radical (unpaired) electrons. The van der Waals surface area contributed by atoms with E-state index in [1.165, 1.54) is 12.1 Å². The predicted molar refractivity (Wildman–Crippen MR) is 81.1 cm³/mol. The van der Waals surface area contributed by atoms with Crippen molar-refractivity contribution in [2.24, 2.45) is 0 Å². The molecule has 1 saturated heterocycles.